The van der Waals surface area contributed by atoms with Crippen LogP contribution in [0.3, 0.4) is 0 Å². The summed E-state index contributed by atoms with van der Waals surface area (Å²) >= 11 is 0. The number of benzene rings is 1. The van der Waals surface area contributed by atoms with Crippen LogP contribution in [-0.2, 0) is 16.0 Å². The highest BCUT2D eigenvalue weighted by atomic mass is 16.5. The molecule has 6 heteroatoms. The predicted molar refractivity (Wildman–Crippen MR) is 93.4 cm³/mol. The zero-order valence-corrected chi connectivity index (χ0v) is 14.9. The van der Waals surface area contributed by atoms with Gasteiger partial charge in [-0.3, -0.25) is 0 Å². The Kier molecular flexibility index (Phi) is 6.36. The third-order valence-corrected chi connectivity index (χ3v) is 3.96. The van der Waals surface area contributed by atoms with Crippen LogP contribution in [0.1, 0.15) is 46.7 Å². The van der Waals surface area contributed by atoms with Crippen molar-refractivity contribution in [3.8, 4) is 11.3 Å². The van der Waals surface area contributed by atoms with Crippen molar-refractivity contribution in [3.05, 3.63) is 47.2 Å². The normalized spacial score (nSPS) is 11.8. The molecule has 1 heterocycles. The van der Waals surface area contributed by atoms with Gasteiger partial charge in [0.15, 0.2) is 0 Å². The number of hydrogen-bond donors (Lipinski definition) is 1. The van der Waals surface area contributed by atoms with Gasteiger partial charge in [-0.2, -0.15) is 0 Å². The molecule has 25 heavy (non-hydrogen) atoms. The average Bonchev–Trinajstić information content (AvgIpc) is 3.13. The first-order valence-electron chi connectivity index (χ1n) is 8.12. The van der Waals surface area contributed by atoms with Crippen molar-refractivity contribution in [2.75, 3.05) is 14.2 Å². The Labute approximate surface area is 147 Å². The molecule has 0 saturated carbocycles. The van der Waals surface area contributed by atoms with Gasteiger partial charge in [0.05, 0.1) is 31.9 Å². The third kappa shape index (κ3) is 4.70. The van der Waals surface area contributed by atoms with E-state index >= 15 is 0 Å². The number of hydrogen-bond acceptors (Lipinski definition) is 6. The molecule has 1 aromatic heterocycles. The first-order chi connectivity index (χ1) is 12.0. The summed E-state index contributed by atoms with van der Waals surface area (Å²) in [6.07, 6.45) is 1.03. The van der Waals surface area contributed by atoms with E-state index in [0.717, 1.165) is 12.2 Å². The van der Waals surface area contributed by atoms with Gasteiger partial charge in [-0.15, -0.1) is 0 Å². The van der Waals surface area contributed by atoms with Crippen molar-refractivity contribution in [2.24, 2.45) is 0 Å². The van der Waals surface area contributed by atoms with Crippen molar-refractivity contribution >= 4 is 11.9 Å². The first-order valence-corrected chi connectivity index (χ1v) is 8.12. The van der Waals surface area contributed by atoms with Crippen molar-refractivity contribution in [3.63, 3.8) is 0 Å². The van der Waals surface area contributed by atoms with E-state index in [-0.39, 0.29) is 11.1 Å². The van der Waals surface area contributed by atoms with Gasteiger partial charge in [-0.1, -0.05) is 6.92 Å². The minimum atomic E-state index is -0.530. The molecule has 0 aliphatic carbocycles. The quantitative estimate of drug-likeness (QED) is 0.775. The largest absolute Gasteiger partial charge is 0.465 e. The van der Waals surface area contributed by atoms with Crippen LogP contribution < -0.4 is 5.32 Å². The van der Waals surface area contributed by atoms with E-state index in [4.69, 9.17) is 13.9 Å². The van der Waals surface area contributed by atoms with Crippen LogP contribution in [0.4, 0.5) is 0 Å². The Morgan fingerprint density at radius 2 is 1.68 bits per heavy atom. The number of furan rings is 1. The van der Waals surface area contributed by atoms with Crippen LogP contribution in [0.5, 0.6) is 0 Å². The Morgan fingerprint density at radius 3 is 2.20 bits per heavy atom. The Morgan fingerprint density at radius 1 is 1.08 bits per heavy atom. The molecule has 134 valence electrons. The van der Waals surface area contributed by atoms with Crippen LogP contribution in [0.25, 0.3) is 11.3 Å². The summed E-state index contributed by atoms with van der Waals surface area (Å²) in [5, 5.41) is 3.35. The predicted octanol–water partition coefficient (Wildman–Crippen LogP) is 3.41. The van der Waals surface area contributed by atoms with Crippen molar-refractivity contribution in [1.29, 1.82) is 0 Å². The maximum absolute atomic E-state index is 11.9. The lowest BCUT2D eigenvalue weighted by Crippen LogP contribution is -2.24. The smallest absolute Gasteiger partial charge is 0.337 e. The molecule has 2 aromatic rings. The molecule has 0 bridgehead atoms. The van der Waals surface area contributed by atoms with Crippen LogP contribution in [0.15, 0.2) is 34.7 Å². The van der Waals surface area contributed by atoms with Crippen LogP contribution in [0, 0.1) is 0 Å². The molecule has 1 N–H and O–H groups in total. The van der Waals surface area contributed by atoms with Crippen molar-refractivity contribution in [1.82, 2.24) is 5.32 Å². The van der Waals surface area contributed by atoms with Gasteiger partial charge in [0.1, 0.15) is 11.5 Å². The first kappa shape index (κ1) is 18.7. The highest BCUT2D eigenvalue weighted by Crippen LogP contribution is 2.25. The topological polar surface area (TPSA) is 77.8 Å². The maximum Gasteiger partial charge on any atom is 0.337 e. The summed E-state index contributed by atoms with van der Waals surface area (Å²) in [6.45, 7) is 4.82. The Hall–Kier alpha value is -2.60. The number of rotatable bonds is 7. The standard InChI is InChI=1S/C19H23NO5/c1-5-12(2)20-11-16-6-7-17(25-16)13-8-14(18(21)23-3)10-15(9-13)19(22)24-4/h6-10,12,20H,5,11H2,1-4H3. The molecule has 1 aromatic carbocycles. The van der Waals surface area contributed by atoms with Gasteiger partial charge in [0.25, 0.3) is 0 Å². The molecule has 0 aliphatic heterocycles. The number of nitrogens with one attached hydrogen (secondary N) is 1. The molecule has 0 spiro atoms. The number of methoxy groups -OCH3 is 2. The number of esters is 2. The van der Waals surface area contributed by atoms with E-state index in [2.05, 4.69) is 19.2 Å². The lowest BCUT2D eigenvalue weighted by molar-refractivity contribution is 0.0599. The average molecular weight is 345 g/mol. The SMILES string of the molecule is CCC(C)NCc1ccc(-c2cc(C(=O)OC)cc(C(=O)OC)c2)o1. The zero-order chi connectivity index (χ0) is 18.4. The molecule has 1 unspecified atom stereocenters. The van der Waals surface area contributed by atoms with E-state index < -0.39 is 11.9 Å². The van der Waals surface area contributed by atoms with Crippen LogP contribution in [0.2, 0.25) is 0 Å². The van der Waals surface area contributed by atoms with Crippen molar-refractivity contribution < 1.29 is 23.5 Å². The number of ether oxygens (including phenoxy) is 2. The number of carbonyl (C=O) groups is 2. The summed E-state index contributed by atoms with van der Waals surface area (Å²) < 4.78 is 15.3. The van der Waals surface area contributed by atoms with Gasteiger partial charge < -0.3 is 19.2 Å². The summed E-state index contributed by atoms with van der Waals surface area (Å²) in [7, 11) is 2.58. The minimum absolute atomic E-state index is 0.260. The summed E-state index contributed by atoms with van der Waals surface area (Å²) in [4.78, 5) is 23.7. The second kappa shape index (κ2) is 8.48. The number of carbonyl (C=O) groups excluding carboxylic acids is 2. The molecular weight excluding hydrogens is 322 g/mol. The molecule has 6 nitrogen and oxygen atoms in total. The summed E-state index contributed by atoms with van der Waals surface area (Å²) in [6, 6.07) is 8.77. The molecular formula is C19H23NO5. The van der Waals surface area contributed by atoms with Gasteiger partial charge in [0, 0.05) is 11.6 Å². The minimum Gasteiger partial charge on any atom is -0.465 e. The van der Waals surface area contributed by atoms with Gasteiger partial charge >= 0.3 is 11.9 Å². The van der Waals surface area contributed by atoms with E-state index in [1.54, 1.807) is 12.1 Å². The molecule has 0 saturated heterocycles. The van der Waals surface area contributed by atoms with Crippen LogP contribution in [-0.4, -0.2) is 32.2 Å². The van der Waals surface area contributed by atoms with Gasteiger partial charge in [-0.25, -0.2) is 9.59 Å². The molecule has 0 radical (unpaired) electrons. The lowest BCUT2D eigenvalue weighted by atomic mass is 10.0. The zero-order valence-electron chi connectivity index (χ0n) is 14.9. The van der Waals surface area contributed by atoms with Crippen molar-refractivity contribution in [2.45, 2.75) is 32.9 Å². The van der Waals surface area contributed by atoms with Gasteiger partial charge in [-0.05, 0) is 43.7 Å². The van der Waals surface area contributed by atoms with Gasteiger partial charge in [0.2, 0.25) is 0 Å². The fourth-order valence-corrected chi connectivity index (χ4v) is 2.29. The fraction of sp³-hybridized carbons (Fsp3) is 0.368. The molecule has 1 atom stereocenters. The molecule has 0 aliphatic rings. The summed E-state index contributed by atoms with van der Waals surface area (Å²) in [5.74, 6) is 0.282. The highest BCUT2D eigenvalue weighted by molar-refractivity contribution is 5.97. The second-order valence-electron chi connectivity index (χ2n) is 5.74. The third-order valence-electron chi connectivity index (χ3n) is 3.96. The fourth-order valence-electron chi connectivity index (χ4n) is 2.29. The monoisotopic (exact) mass is 345 g/mol. The maximum atomic E-state index is 11.9. The van der Waals surface area contributed by atoms with E-state index in [0.29, 0.717) is 23.9 Å². The molecule has 0 amide bonds. The molecule has 0 fully saturated rings. The molecule has 2 rings (SSSR count). The second-order valence-corrected chi connectivity index (χ2v) is 5.74. The van der Waals surface area contributed by atoms with Crippen LogP contribution >= 0.6 is 0 Å². The van der Waals surface area contributed by atoms with E-state index in [9.17, 15) is 9.59 Å². The van der Waals surface area contributed by atoms with E-state index in [1.807, 2.05) is 12.1 Å². The summed E-state index contributed by atoms with van der Waals surface area (Å²) in [5.41, 5.74) is 1.13. The lowest BCUT2D eigenvalue weighted by Gasteiger charge is -2.09. The Bertz CT molecular complexity index is 716. The highest BCUT2D eigenvalue weighted by Gasteiger charge is 2.16. The Balaban J connectivity index is 2.33. The van der Waals surface area contributed by atoms with E-state index in [1.165, 1.54) is 20.3 Å².